The number of hydrogen-bond donors (Lipinski definition) is 0. The van der Waals surface area contributed by atoms with Crippen LogP contribution in [0.4, 0.5) is 0 Å². The van der Waals surface area contributed by atoms with Crippen molar-refractivity contribution in [2.24, 2.45) is 0 Å². The summed E-state index contributed by atoms with van der Waals surface area (Å²) in [5.74, 6) is 0. The van der Waals surface area contributed by atoms with Gasteiger partial charge in [-0.15, -0.1) is 0 Å². The standard InChI is InChI=1S/C16H13Br3Cl2/c17-9-16(10-18,12-4-1-2-5-13(12)19)8-11-14(20)6-3-7-15(11)21/h1-7H,8-10H2. The van der Waals surface area contributed by atoms with E-state index in [1.54, 1.807) is 0 Å². The van der Waals surface area contributed by atoms with Gasteiger partial charge in [-0.2, -0.15) is 0 Å². The summed E-state index contributed by atoms with van der Waals surface area (Å²) in [5, 5.41) is 3.02. The minimum absolute atomic E-state index is 0.130. The van der Waals surface area contributed by atoms with E-state index >= 15 is 0 Å². The molecule has 0 heterocycles. The highest BCUT2D eigenvalue weighted by Crippen LogP contribution is 2.39. The Balaban J connectivity index is 2.51. The molecule has 0 radical (unpaired) electrons. The van der Waals surface area contributed by atoms with Crippen LogP contribution in [0.1, 0.15) is 11.1 Å². The van der Waals surface area contributed by atoms with Gasteiger partial charge in [-0.05, 0) is 35.7 Å². The van der Waals surface area contributed by atoms with Crippen LogP contribution in [-0.4, -0.2) is 10.7 Å². The van der Waals surface area contributed by atoms with Crippen molar-refractivity contribution >= 4 is 71.0 Å². The largest absolute Gasteiger partial charge is 0.0918 e. The molecule has 0 bridgehead atoms. The molecule has 2 rings (SSSR count). The zero-order valence-electron chi connectivity index (χ0n) is 11.1. The van der Waals surface area contributed by atoms with Crippen LogP contribution in [0.25, 0.3) is 0 Å². The fourth-order valence-corrected chi connectivity index (χ4v) is 5.47. The van der Waals surface area contributed by atoms with Crippen molar-refractivity contribution in [2.75, 3.05) is 10.7 Å². The van der Waals surface area contributed by atoms with Gasteiger partial charge in [-0.3, -0.25) is 0 Å². The molecule has 0 unspecified atom stereocenters. The zero-order valence-corrected chi connectivity index (χ0v) is 17.3. The molecule has 0 fully saturated rings. The highest BCUT2D eigenvalue weighted by Gasteiger charge is 2.33. The van der Waals surface area contributed by atoms with E-state index in [-0.39, 0.29) is 5.41 Å². The predicted octanol–water partition coefficient (Wildman–Crippen LogP) is 7.03. The molecular weight excluding hydrogens is 503 g/mol. The molecule has 0 nitrogen and oxygen atoms in total. The van der Waals surface area contributed by atoms with Crippen molar-refractivity contribution in [1.29, 1.82) is 0 Å². The van der Waals surface area contributed by atoms with Crippen molar-refractivity contribution in [2.45, 2.75) is 11.8 Å². The van der Waals surface area contributed by atoms with Crippen LogP contribution < -0.4 is 0 Å². The van der Waals surface area contributed by atoms with Gasteiger partial charge in [-0.1, -0.05) is 95.3 Å². The fraction of sp³-hybridized carbons (Fsp3) is 0.250. The third-order valence-electron chi connectivity index (χ3n) is 3.53. The maximum Gasteiger partial charge on any atom is 0.0453 e. The van der Waals surface area contributed by atoms with Crippen molar-refractivity contribution in [3.05, 3.63) is 68.1 Å². The first-order chi connectivity index (χ1) is 10.0. The summed E-state index contributed by atoms with van der Waals surface area (Å²) in [4.78, 5) is 0. The van der Waals surface area contributed by atoms with Crippen molar-refractivity contribution in [3.63, 3.8) is 0 Å². The van der Waals surface area contributed by atoms with Gasteiger partial charge >= 0.3 is 0 Å². The van der Waals surface area contributed by atoms with Crippen LogP contribution in [0, 0.1) is 0 Å². The van der Waals surface area contributed by atoms with Gasteiger partial charge in [0.1, 0.15) is 0 Å². The zero-order chi connectivity index (χ0) is 15.5. The number of benzene rings is 2. The van der Waals surface area contributed by atoms with Crippen molar-refractivity contribution < 1.29 is 0 Å². The van der Waals surface area contributed by atoms with Crippen molar-refractivity contribution in [3.8, 4) is 0 Å². The third kappa shape index (κ3) is 3.87. The highest BCUT2D eigenvalue weighted by molar-refractivity contribution is 9.10. The monoisotopic (exact) mass is 512 g/mol. The summed E-state index contributed by atoms with van der Waals surface area (Å²) in [7, 11) is 0. The second kappa shape index (κ2) is 7.83. The van der Waals surface area contributed by atoms with Gasteiger partial charge < -0.3 is 0 Å². The van der Waals surface area contributed by atoms with E-state index in [2.05, 4.69) is 59.9 Å². The van der Waals surface area contributed by atoms with Gasteiger partial charge in [-0.25, -0.2) is 0 Å². The summed E-state index contributed by atoms with van der Waals surface area (Å²) in [6, 6.07) is 13.9. The number of halogens is 5. The Morgan fingerprint density at radius 1 is 0.857 bits per heavy atom. The Bertz CT molecular complexity index is 604. The molecule has 0 N–H and O–H groups in total. The molecule has 2 aromatic carbocycles. The number of rotatable bonds is 5. The number of hydrogen-bond acceptors (Lipinski definition) is 0. The average Bonchev–Trinajstić information content (AvgIpc) is 2.49. The molecule has 0 amide bonds. The third-order valence-corrected chi connectivity index (χ3v) is 7.08. The smallest absolute Gasteiger partial charge is 0.0453 e. The molecule has 2 aromatic rings. The van der Waals surface area contributed by atoms with Gasteiger partial charge in [0.2, 0.25) is 0 Å². The van der Waals surface area contributed by atoms with Crippen LogP contribution in [0.5, 0.6) is 0 Å². The van der Waals surface area contributed by atoms with Crippen LogP contribution in [-0.2, 0) is 11.8 Å². The molecule has 0 aliphatic rings. The van der Waals surface area contributed by atoms with Crippen molar-refractivity contribution in [1.82, 2.24) is 0 Å². The Hall–Kier alpha value is 0.460. The lowest BCUT2D eigenvalue weighted by Gasteiger charge is -2.32. The molecule has 112 valence electrons. The Labute approximate surface area is 160 Å². The van der Waals surface area contributed by atoms with Gasteiger partial charge in [0.25, 0.3) is 0 Å². The lowest BCUT2D eigenvalue weighted by molar-refractivity contribution is 0.548. The molecule has 0 aliphatic heterocycles. The minimum Gasteiger partial charge on any atom is -0.0918 e. The maximum atomic E-state index is 6.35. The summed E-state index contributed by atoms with van der Waals surface area (Å²) >= 11 is 23.7. The molecule has 0 atom stereocenters. The molecule has 0 saturated carbocycles. The van der Waals surface area contributed by atoms with Crippen LogP contribution >= 0.6 is 71.0 Å². The molecule has 0 aromatic heterocycles. The first-order valence-electron chi connectivity index (χ1n) is 6.34. The molecule has 0 spiro atoms. The van der Waals surface area contributed by atoms with Crippen LogP contribution in [0.2, 0.25) is 10.0 Å². The Morgan fingerprint density at radius 3 is 1.95 bits per heavy atom. The quantitative estimate of drug-likeness (QED) is 0.375. The topological polar surface area (TPSA) is 0 Å². The SMILES string of the molecule is Clc1cccc(Cl)c1CC(CBr)(CBr)c1ccccc1Br. The molecular formula is C16H13Br3Cl2. The Kier molecular flexibility index (Phi) is 6.64. The van der Waals surface area contributed by atoms with E-state index in [9.17, 15) is 0 Å². The average molecular weight is 516 g/mol. The highest BCUT2D eigenvalue weighted by atomic mass is 79.9. The maximum absolute atomic E-state index is 6.35. The van der Waals surface area contributed by atoms with E-state index in [1.165, 1.54) is 5.56 Å². The van der Waals surface area contributed by atoms with E-state index in [4.69, 9.17) is 23.2 Å². The normalized spacial score (nSPS) is 11.7. The summed E-state index contributed by atoms with van der Waals surface area (Å²) in [5.41, 5.74) is 2.08. The summed E-state index contributed by atoms with van der Waals surface area (Å²) < 4.78 is 1.09. The number of alkyl halides is 2. The lowest BCUT2D eigenvalue weighted by atomic mass is 9.79. The van der Waals surface area contributed by atoms with Gasteiger partial charge in [0, 0.05) is 30.6 Å². The molecule has 5 heteroatoms. The fourth-order valence-electron chi connectivity index (χ4n) is 2.30. The van der Waals surface area contributed by atoms with Crippen LogP contribution in [0.3, 0.4) is 0 Å². The second-order valence-corrected chi connectivity index (χ2v) is 7.69. The first kappa shape index (κ1) is 17.8. The lowest BCUT2D eigenvalue weighted by Crippen LogP contribution is -2.33. The molecule has 0 aliphatic carbocycles. The van der Waals surface area contributed by atoms with E-state index in [1.807, 2.05) is 30.3 Å². The minimum atomic E-state index is -0.130. The predicted molar refractivity (Wildman–Crippen MR) is 104 cm³/mol. The van der Waals surface area contributed by atoms with Gasteiger partial charge in [0.05, 0.1) is 0 Å². The first-order valence-corrected chi connectivity index (χ1v) is 10.1. The molecule has 0 saturated heterocycles. The van der Waals surface area contributed by atoms with E-state index in [0.717, 1.165) is 27.1 Å². The molecule has 21 heavy (non-hydrogen) atoms. The second-order valence-electron chi connectivity index (χ2n) is 4.90. The van der Waals surface area contributed by atoms with Crippen LogP contribution in [0.15, 0.2) is 46.9 Å². The summed E-state index contributed by atoms with van der Waals surface area (Å²) in [6.07, 6.45) is 0.755. The van der Waals surface area contributed by atoms with Gasteiger partial charge in [0.15, 0.2) is 0 Å². The summed E-state index contributed by atoms with van der Waals surface area (Å²) in [6.45, 7) is 0. The Morgan fingerprint density at radius 2 is 1.43 bits per heavy atom. The van der Waals surface area contributed by atoms with E-state index in [0.29, 0.717) is 10.0 Å². The van der Waals surface area contributed by atoms with E-state index < -0.39 is 0 Å².